The van der Waals surface area contributed by atoms with Crippen LogP contribution in [0.25, 0.3) is 11.1 Å². The molecule has 2 atom stereocenters. The molecule has 0 amide bonds. The van der Waals surface area contributed by atoms with Crippen molar-refractivity contribution in [3.05, 3.63) is 59.9 Å². The van der Waals surface area contributed by atoms with Crippen molar-refractivity contribution in [3.8, 4) is 11.1 Å². The lowest BCUT2D eigenvalue weighted by Gasteiger charge is -2.09. The van der Waals surface area contributed by atoms with Gasteiger partial charge in [-0.3, -0.25) is 14.6 Å². The minimum absolute atomic E-state index is 0.0129. The number of carboxylic acids is 2. The van der Waals surface area contributed by atoms with Crippen LogP contribution in [0.1, 0.15) is 31.2 Å². The summed E-state index contributed by atoms with van der Waals surface area (Å²) >= 11 is 0. The van der Waals surface area contributed by atoms with Gasteiger partial charge >= 0.3 is 11.9 Å². The van der Waals surface area contributed by atoms with Crippen LogP contribution in [0.4, 0.5) is 4.39 Å². The van der Waals surface area contributed by atoms with E-state index in [4.69, 9.17) is 27.4 Å². The number of hydrogen-bond acceptors (Lipinski definition) is 4. The summed E-state index contributed by atoms with van der Waals surface area (Å²) in [6.07, 6.45) is 0.956. The molecule has 2 aromatic carbocycles. The SMILES string of the molecule is CC(C(=O)O)c1ccc(-c2ccccc2)c(F)c1.NC(N)=NCCCC(N)C(=O)O. The topological polar surface area (TPSA) is 165 Å². The Balaban J connectivity index is 0.000000329. The molecule has 0 saturated carbocycles. The average molecular weight is 418 g/mol. The second-order valence-electron chi connectivity index (χ2n) is 6.56. The molecule has 0 aromatic heterocycles. The fourth-order valence-electron chi connectivity index (χ4n) is 2.44. The molecule has 0 aliphatic heterocycles. The molecule has 9 heteroatoms. The second kappa shape index (κ2) is 12.2. The van der Waals surface area contributed by atoms with E-state index in [1.807, 2.05) is 30.3 Å². The highest BCUT2D eigenvalue weighted by Gasteiger charge is 2.15. The first-order chi connectivity index (χ1) is 14.1. The maximum Gasteiger partial charge on any atom is 0.320 e. The summed E-state index contributed by atoms with van der Waals surface area (Å²) in [4.78, 5) is 24.7. The van der Waals surface area contributed by atoms with Crippen molar-refractivity contribution in [3.63, 3.8) is 0 Å². The van der Waals surface area contributed by atoms with E-state index in [-0.39, 0.29) is 5.96 Å². The van der Waals surface area contributed by atoms with Crippen LogP contribution in [0.5, 0.6) is 0 Å². The van der Waals surface area contributed by atoms with Gasteiger partial charge in [0.05, 0.1) is 5.92 Å². The third kappa shape index (κ3) is 8.27. The summed E-state index contributed by atoms with van der Waals surface area (Å²) in [7, 11) is 0. The van der Waals surface area contributed by atoms with Gasteiger partial charge in [0.1, 0.15) is 11.9 Å². The number of carbonyl (C=O) groups is 2. The monoisotopic (exact) mass is 418 g/mol. The van der Waals surface area contributed by atoms with E-state index < -0.39 is 29.7 Å². The van der Waals surface area contributed by atoms with Crippen molar-refractivity contribution in [2.45, 2.75) is 31.7 Å². The predicted octanol–water partition coefficient (Wildman–Crippen LogP) is 2.13. The van der Waals surface area contributed by atoms with Gasteiger partial charge in [-0.2, -0.15) is 0 Å². The van der Waals surface area contributed by atoms with Gasteiger partial charge in [-0.1, -0.05) is 42.5 Å². The number of rotatable bonds is 8. The first-order valence-electron chi connectivity index (χ1n) is 9.25. The predicted molar refractivity (Wildman–Crippen MR) is 113 cm³/mol. The zero-order valence-corrected chi connectivity index (χ0v) is 16.7. The molecule has 2 rings (SSSR count). The molecule has 0 aliphatic carbocycles. The maximum absolute atomic E-state index is 14.0. The van der Waals surface area contributed by atoms with Gasteiger partial charge in [-0.05, 0) is 37.0 Å². The summed E-state index contributed by atoms with van der Waals surface area (Å²) in [6.45, 7) is 1.96. The van der Waals surface area contributed by atoms with Crippen LogP contribution in [0.3, 0.4) is 0 Å². The Morgan fingerprint density at radius 3 is 2.20 bits per heavy atom. The molecule has 0 radical (unpaired) electrons. The molecular weight excluding hydrogens is 391 g/mol. The molecule has 0 fully saturated rings. The molecule has 8 N–H and O–H groups in total. The lowest BCUT2D eigenvalue weighted by atomic mass is 9.97. The Bertz CT molecular complexity index is 871. The number of aliphatic imine (C=N–C) groups is 1. The Labute approximate surface area is 174 Å². The Morgan fingerprint density at radius 1 is 1.07 bits per heavy atom. The number of guanidine groups is 1. The van der Waals surface area contributed by atoms with Gasteiger partial charge in [0.15, 0.2) is 5.96 Å². The molecule has 162 valence electrons. The van der Waals surface area contributed by atoms with Crippen LogP contribution in [0, 0.1) is 5.82 Å². The molecule has 0 saturated heterocycles. The Hall–Kier alpha value is -3.46. The fraction of sp³-hybridized carbons (Fsp3) is 0.286. The van der Waals surface area contributed by atoms with E-state index in [0.29, 0.717) is 30.5 Å². The van der Waals surface area contributed by atoms with Crippen LogP contribution in [-0.2, 0) is 9.59 Å². The highest BCUT2D eigenvalue weighted by molar-refractivity contribution is 5.76. The molecule has 2 unspecified atom stereocenters. The van der Waals surface area contributed by atoms with Gasteiger partial charge in [0, 0.05) is 12.1 Å². The number of halogens is 1. The summed E-state index contributed by atoms with van der Waals surface area (Å²) in [5, 5.41) is 17.3. The van der Waals surface area contributed by atoms with Crippen molar-refractivity contribution >= 4 is 17.9 Å². The van der Waals surface area contributed by atoms with E-state index in [1.165, 1.54) is 6.07 Å². The van der Waals surface area contributed by atoms with Crippen molar-refractivity contribution in [2.24, 2.45) is 22.2 Å². The van der Waals surface area contributed by atoms with Crippen LogP contribution in [0.2, 0.25) is 0 Å². The molecule has 2 aromatic rings. The number of nitrogens with two attached hydrogens (primary N) is 3. The minimum Gasteiger partial charge on any atom is -0.481 e. The molecule has 0 heterocycles. The number of benzene rings is 2. The zero-order chi connectivity index (χ0) is 22.7. The van der Waals surface area contributed by atoms with Gasteiger partial charge in [-0.15, -0.1) is 0 Å². The van der Waals surface area contributed by atoms with Crippen LogP contribution < -0.4 is 17.2 Å². The molecular formula is C21H27FN4O4. The van der Waals surface area contributed by atoms with Gasteiger partial charge in [0.2, 0.25) is 0 Å². The smallest absolute Gasteiger partial charge is 0.320 e. The van der Waals surface area contributed by atoms with Crippen molar-refractivity contribution in [1.29, 1.82) is 0 Å². The number of carboxylic acid groups (broad SMARTS) is 2. The van der Waals surface area contributed by atoms with Crippen molar-refractivity contribution in [2.75, 3.05) is 6.54 Å². The molecule has 0 bridgehead atoms. The van der Waals surface area contributed by atoms with Crippen LogP contribution in [-0.4, -0.2) is 40.7 Å². The fourth-order valence-corrected chi connectivity index (χ4v) is 2.44. The Kier molecular flexibility index (Phi) is 9.98. The van der Waals surface area contributed by atoms with E-state index in [9.17, 15) is 14.0 Å². The van der Waals surface area contributed by atoms with Gasteiger partial charge in [0.25, 0.3) is 0 Å². The number of aliphatic carboxylic acids is 2. The van der Waals surface area contributed by atoms with Gasteiger partial charge in [-0.25, -0.2) is 4.39 Å². The second-order valence-corrected chi connectivity index (χ2v) is 6.56. The molecule has 30 heavy (non-hydrogen) atoms. The molecule has 0 aliphatic rings. The largest absolute Gasteiger partial charge is 0.481 e. The maximum atomic E-state index is 14.0. The van der Waals surface area contributed by atoms with Crippen LogP contribution >= 0.6 is 0 Å². The number of nitrogens with zero attached hydrogens (tertiary/aromatic N) is 1. The summed E-state index contributed by atoms with van der Waals surface area (Å²) < 4.78 is 14.0. The van der Waals surface area contributed by atoms with Crippen molar-refractivity contribution in [1.82, 2.24) is 0 Å². The van der Waals surface area contributed by atoms with Crippen molar-refractivity contribution < 1.29 is 24.2 Å². The summed E-state index contributed by atoms with van der Waals surface area (Å²) in [6, 6.07) is 12.9. The quantitative estimate of drug-likeness (QED) is 0.249. The van der Waals surface area contributed by atoms with Gasteiger partial charge < -0.3 is 27.4 Å². The van der Waals surface area contributed by atoms with Crippen LogP contribution in [0.15, 0.2) is 53.5 Å². The lowest BCUT2D eigenvalue weighted by Crippen LogP contribution is -2.30. The first kappa shape index (κ1) is 24.6. The first-order valence-corrected chi connectivity index (χ1v) is 9.25. The summed E-state index contributed by atoms with van der Waals surface area (Å²) in [5.74, 6) is -3.04. The standard InChI is InChI=1S/C15H13FO2.C6H14N4O2/c1-10(15(17)18)12-7-8-13(14(16)9-12)11-5-3-2-4-6-11;7-4(5(11)12)2-1-3-10-6(8)9/h2-10H,1H3,(H,17,18);4H,1-3,7H2,(H,11,12)(H4,8,9,10). The lowest BCUT2D eigenvalue weighted by molar-refractivity contribution is -0.139. The highest BCUT2D eigenvalue weighted by Crippen LogP contribution is 2.26. The normalized spacial score (nSPS) is 12.1. The zero-order valence-electron chi connectivity index (χ0n) is 16.7. The molecule has 8 nitrogen and oxygen atoms in total. The summed E-state index contributed by atoms with van der Waals surface area (Å²) in [5.41, 5.74) is 17.1. The average Bonchev–Trinajstić information content (AvgIpc) is 2.71. The minimum atomic E-state index is -1.00. The highest BCUT2D eigenvalue weighted by atomic mass is 19.1. The van der Waals surface area contributed by atoms with E-state index in [0.717, 1.165) is 5.56 Å². The van der Waals surface area contributed by atoms with E-state index in [2.05, 4.69) is 4.99 Å². The number of hydrogen-bond donors (Lipinski definition) is 5. The third-order valence-corrected chi connectivity index (χ3v) is 4.23. The third-order valence-electron chi connectivity index (χ3n) is 4.23. The molecule has 0 spiro atoms. The van der Waals surface area contributed by atoms with E-state index in [1.54, 1.807) is 19.1 Å². The van der Waals surface area contributed by atoms with E-state index >= 15 is 0 Å². The Morgan fingerprint density at radius 2 is 1.70 bits per heavy atom.